The van der Waals surface area contributed by atoms with E-state index in [2.05, 4.69) is 29.0 Å². The van der Waals surface area contributed by atoms with Crippen molar-refractivity contribution in [1.82, 2.24) is 9.80 Å². The zero-order valence-electron chi connectivity index (χ0n) is 9.28. The van der Waals surface area contributed by atoms with Crippen LogP contribution in [-0.2, 0) is 0 Å². The molecule has 0 aromatic heterocycles. The van der Waals surface area contributed by atoms with E-state index in [1.807, 2.05) is 0 Å². The number of hydrogen-bond acceptors (Lipinski definition) is 2. The molecule has 0 N–H and O–H groups in total. The van der Waals surface area contributed by atoms with Crippen molar-refractivity contribution in [1.29, 1.82) is 0 Å². The molecule has 0 unspecified atom stereocenters. The minimum Gasteiger partial charge on any atom is -0.304 e. The monoisotopic (exact) mass is 194 g/mol. The van der Waals surface area contributed by atoms with Gasteiger partial charge in [-0.25, -0.2) is 0 Å². The van der Waals surface area contributed by atoms with Crippen molar-refractivity contribution in [3.63, 3.8) is 0 Å². The van der Waals surface area contributed by atoms with Gasteiger partial charge in [0, 0.05) is 32.7 Å². The molecule has 0 amide bonds. The molecule has 0 bridgehead atoms. The summed E-state index contributed by atoms with van der Waals surface area (Å²) in [4.78, 5) is 5.07. The highest BCUT2D eigenvalue weighted by atomic mass is 15.2. The lowest BCUT2D eigenvalue weighted by Crippen LogP contribution is -2.46. The first-order chi connectivity index (χ1) is 6.84. The van der Waals surface area contributed by atoms with E-state index < -0.39 is 0 Å². The second-order valence-corrected chi connectivity index (χ2v) is 4.75. The Labute approximate surface area is 87.6 Å². The number of piperazine rings is 1. The van der Waals surface area contributed by atoms with Crippen LogP contribution in [0.4, 0.5) is 0 Å². The summed E-state index contributed by atoms with van der Waals surface area (Å²) in [5.41, 5.74) is 0. The van der Waals surface area contributed by atoms with E-state index in [1.165, 1.54) is 52.0 Å². The molecule has 1 aliphatic carbocycles. The van der Waals surface area contributed by atoms with Crippen LogP contribution in [0.15, 0.2) is 12.2 Å². The van der Waals surface area contributed by atoms with Crippen molar-refractivity contribution in [2.45, 2.75) is 19.3 Å². The maximum atomic E-state index is 2.64. The quantitative estimate of drug-likeness (QED) is 0.616. The molecule has 1 aliphatic heterocycles. The molecule has 1 heterocycles. The minimum atomic E-state index is 0.934. The van der Waals surface area contributed by atoms with Gasteiger partial charge in [-0.05, 0) is 32.2 Å². The molecule has 2 rings (SSSR count). The summed E-state index contributed by atoms with van der Waals surface area (Å²) in [6, 6.07) is 0. The van der Waals surface area contributed by atoms with Crippen LogP contribution < -0.4 is 0 Å². The molecule has 0 aromatic rings. The molecule has 0 spiro atoms. The molecule has 1 saturated heterocycles. The Balaban J connectivity index is 1.72. The Bertz CT molecular complexity index is 192. The van der Waals surface area contributed by atoms with Gasteiger partial charge in [-0.1, -0.05) is 12.2 Å². The number of hydrogen-bond donors (Lipinski definition) is 0. The average Bonchev–Trinajstić information content (AvgIpc) is 2.23. The highest BCUT2D eigenvalue weighted by Crippen LogP contribution is 2.19. The molecule has 2 aliphatic rings. The van der Waals surface area contributed by atoms with E-state index in [4.69, 9.17) is 0 Å². The summed E-state index contributed by atoms with van der Waals surface area (Å²) < 4.78 is 0. The van der Waals surface area contributed by atoms with Crippen molar-refractivity contribution in [3.05, 3.63) is 12.2 Å². The average molecular weight is 194 g/mol. The molecule has 2 heteroatoms. The van der Waals surface area contributed by atoms with Crippen LogP contribution in [0.1, 0.15) is 19.3 Å². The van der Waals surface area contributed by atoms with E-state index in [9.17, 15) is 0 Å². The summed E-state index contributed by atoms with van der Waals surface area (Å²) >= 11 is 0. The Hall–Kier alpha value is -0.340. The van der Waals surface area contributed by atoms with Gasteiger partial charge in [0.25, 0.3) is 0 Å². The number of likely N-dealkylation sites (N-methyl/N-ethyl adjacent to an activating group) is 1. The van der Waals surface area contributed by atoms with Crippen molar-refractivity contribution < 1.29 is 0 Å². The van der Waals surface area contributed by atoms with Crippen LogP contribution in [0.5, 0.6) is 0 Å². The second-order valence-electron chi connectivity index (χ2n) is 4.75. The molecule has 1 atom stereocenters. The van der Waals surface area contributed by atoms with E-state index in [-0.39, 0.29) is 0 Å². The van der Waals surface area contributed by atoms with Crippen molar-refractivity contribution in [2.24, 2.45) is 5.92 Å². The van der Waals surface area contributed by atoms with Crippen LogP contribution in [0.25, 0.3) is 0 Å². The number of nitrogens with zero attached hydrogens (tertiary/aromatic N) is 2. The van der Waals surface area contributed by atoms with Crippen molar-refractivity contribution in [3.8, 4) is 0 Å². The second kappa shape index (κ2) is 4.94. The summed E-state index contributed by atoms with van der Waals surface area (Å²) in [5.74, 6) is 0.934. The Morgan fingerprint density at radius 1 is 1.14 bits per heavy atom. The van der Waals surface area contributed by atoms with E-state index >= 15 is 0 Å². The normalized spacial score (nSPS) is 30.8. The van der Waals surface area contributed by atoms with Gasteiger partial charge in [0.15, 0.2) is 0 Å². The van der Waals surface area contributed by atoms with Crippen LogP contribution in [0.3, 0.4) is 0 Å². The summed E-state index contributed by atoms with van der Waals surface area (Å²) in [7, 11) is 2.22. The van der Waals surface area contributed by atoms with Gasteiger partial charge < -0.3 is 9.80 Å². The molecule has 0 saturated carbocycles. The minimum absolute atomic E-state index is 0.934. The third-order valence-electron chi connectivity index (χ3n) is 3.49. The zero-order valence-corrected chi connectivity index (χ0v) is 9.28. The van der Waals surface area contributed by atoms with Gasteiger partial charge in [0.1, 0.15) is 0 Å². The molecule has 0 aromatic carbocycles. The van der Waals surface area contributed by atoms with Gasteiger partial charge in [0.05, 0.1) is 0 Å². The third kappa shape index (κ3) is 2.82. The SMILES string of the molecule is CN1CCN(C[C@H]2CC=CCC2)CC1. The predicted molar refractivity (Wildman–Crippen MR) is 60.4 cm³/mol. The molecule has 80 valence electrons. The zero-order chi connectivity index (χ0) is 9.80. The maximum absolute atomic E-state index is 2.64. The molecular formula is C12H22N2. The fraction of sp³-hybridized carbons (Fsp3) is 0.833. The largest absolute Gasteiger partial charge is 0.304 e. The van der Waals surface area contributed by atoms with E-state index in [0.29, 0.717) is 0 Å². The molecular weight excluding hydrogens is 172 g/mol. The molecule has 0 radical (unpaired) electrons. The Morgan fingerprint density at radius 3 is 2.57 bits per heavy atom. The van der Waals surface area contributed by atoms with E-state index in [0.717, 1.165) is 5.92 Å². The van der Waals surface area contributed by atoms with Crippen LogP contribution in [-0.4, -0.2) is 49.6 Å². The van der Waals surface area contributed by atoms with E-state index in [1.54, 1.807) is 0 Å². The standard InChI is InChI=1S/C12H22N2/c1-13-7-9-14(10-8-13)11-12-5-3-2-4-6-12/h2-3,12H,4-11H2,1H3/t12-/m0/s1. The lowest BCUT2D eigenvalue weighted by Gasteiger charge is -2.35. The lowest BCUT2D eigenvalue weighted by molar-refractivity contribution is 0.133. The topological polar surface area (TPSA) is 6.48 Å². The van der Waals surface area contributed by atoms with Gasteiger partial charge in [0.2, 0.25) is 0 Å². The van der Waals surface area contributed by atoms with Crippen molar-refractivity contribution >= 4 is 0 Å². The smallest absolute Gasteiger partial charge is 0.0110 e. The molecule has 14 heavy (non-hydrogen) atoms. The Morgan fingerprint density at radius 2 is 1.93 bits per heavy atom. The van der Waals surface area contributed by atoms with Gasteiger partial charge in [-0.3, -0.25) is 0 Å². The number of rotatable bonds is 2. The molecule has 2 nitrogen and oxygen atoms in total. The summed E-state index contributed by atoms with van der Waals surface area (Å²) in [6.45, 7) is 6.39. The van der Waals surface area contributed by atoms with Gasteiger partial charge in [-0.2, -0.15) is 0 Å². The fourth-order valence-corrected chi connectivity index (χ4v) is 2.42. The van der Waals surface area contributed by atoms with Crippen LogP contribution in [0.2, 0.25) is 0 Å². The fourth-order valence-electron chi connectivity index (χ4n) is 2.42. The van der Waals surface area contributed by atoms with Crippen LogP contribution >= 0.6 is 0 Å². The highest BCUT2D eigenvalue weighted by molar-refractivity contribution is 4.91. The van der Waals surface area contributed by atoms with Crippen LogP contribution in [0, 0.1) is 5.92 Å². The van der Waals surface area contributed by atoms with Gasteiger partial charge in [-0.15, -0.1) is 0 Å². The number of allylic oxidation sites excluding steroid dienone is 2. The summed E-state index contributed by atoms with van der Waals surface area (Å²) in [6.07, 6.45) is 8.72. The first-order valence-corrected chi connectivity index (χ1v) is 5.90. The third-order valence-corrected chi connectivity index (χ3v) is 3.49. The first kappa shape index (κ1) is 10.2. The van der Waals surface area contributed by atoms with Crippen molar-refractivity contribution in [2.75, 3.05) is 39.8 Å². The first-order valence-electron chi connectivity index (χ1n) is 5.90. The maximum Gasteiger partial charge on any atom is 0.0110 e. The van der Waals surface area contributed by atoms with Gasteiger partial charge >= 0.3 is 0 Å². The summed E-state index contributed by atoms with van der Waals surface area (Å²) in [5, 5.41) is 0. The Kier molecular flexibility index (Phi) is 3.60. The predicted octanol–water partition coefficient (Wildman–Crippen LogP) is 1.59. The highest BCUT2D eigenvalue weighted by Gasteiger charge is 2.18. The molecule has 1 fully saturated rings. The lowest BCUT2D eigenvalue weighted by atomic mass is 9.94.